The largest absolute Gasteiger partial charge is 0.455 e. The van der Waals surface area contributed by atoms with Crippen LogP contribution < -0.4 is 0 Å². The van der Waals surface area contributed by atoms with Gasteiger partial charge in [0.05, 0.1) is 3.23 Å². The number of aliphatic hydroxyl groups is 1. The SMILES string of the molecule is CC(C)(C)[Si](C)(C)O[Si](C)(C)C(C)(C)C.OCC[C@H]1[C@@H](CCCl)C1(Br)Br. The highest BCUT2D eigenvalue weighted by Crippen LogP contribution is 2.64. The fraction of sp³-hybridized carbons (Fsp3) is 1.00. The van der Waals surface area contributed by atoms with Crippen molar-refractivity contribution in [2.45, 2.75) is 93.9 Å². The molecule has 0 amide bonds. The molecule has 158 valence electrons. The van der Waals surface area contributed by atoms with Gasteiger partial charge >= 0.3 is 0 Å². The summed E-state index contributed by atoms with van der Waals surface area (Å²) in [5, 5.41) is 9.36. The number of hydrogen-bond donors (Lipinski definition) is 1. The maximum absolute atomic E-state index is 8.72. The average molecular weight is 553 g/mol. The predicted octanol–water partition coefficient (Wildman–Crippen LogP) is 7.74. The van der Waals surface area contributed by atoms with Crippen LogP contribution in [-0.4, -0.2) is 37.5 Å². The number of alkyl halides is 3. The third kappa shape index (κ3) is 7.45. The first-order chi connectivity index (χ1) is 11.3. The van der Waals surface area contributed by atoms with Crippen LogP contribution in [-0.2, 0) is 4.12 Å². The Morgan fingerprint density at radius 1 is 0.885 bits per heavy atom. The van der Waals surface area contributed by atoms with Crippen molar-refractivity contribution >= 4 is 60.1 Å². The van der Waals surface area contributed by atoms with Crippen LogP contribution in [0.15, 0.2) is 0 Å². The van der Waals surface area contributed by atoms with Gasteiger partial charge in [-0.3, -0.25) is 0 Å². The Morgan fingerprint density at radius 3 is 1.50 bits per heavy atom. The van der Waals surface area contributed by atoms with E-state index in [1.54, 1.807) is 0 Å². The molecule has 7 heteroatoms. The van der Waals surface area contributed by atoms with E-state index in [0.29, 0.717) is 27.8 Å². The minimum atomic E-state index is -1.59. The first-order valence-electron chi connectivity index (χ1n) is 9.60. The van der Waals surface area contributed by atoms with Gasteiger partial charge in [-0.25, -0.2) is 0 Å². The van der Waals surface area contributed by atoms with Crippen LogP contribution >= 0.6 is 43.5 Å². The monoisotopic (exact) mass is 550 g/mol. The second kappa shape index (κ2) is 9.61. The van der Waals surface area contributed by atoms with E-state index in [1.807, 2.05) is 0 Å². The molecule has 26 heavy (non-hydrogen) atoms. The first-order valence-corrected chi connectivity index (χ1v) is 17.5. The zero-order chi connectivity index (χ0) is 21.2. The van der Waals surface area contributed by atoms with E-state index in [4.69, 9.17) is 20.8 Å². The van der Waals surface area contributed by atoms with Gasteiger partial charge in [-0.05, 0) is 60.9 Å². The number of hydrogen-bond acceptors (Lipinski definition) is 2. The summed E-state index contributed by atoms with van der Waals surface area (Å²) in [6, 6.07) is 0. The average Bonchev–Trinajstić information content (AvgIpc) is 2.88. The van der Waals surface area contributed by atoms with Crippen molar-refractivity contribution in [3.8, 4) is 0 Å². The number of aliphatic hydroxyl groups excluding tert-OH is 1. The number of rotatable bonds is 6. The summed E-state index contributed by atoms with van der Waals surface area (Å²) in [7, 11) is -3.18. The maximum Gasteiger partial charge on any atom is 0.178 e. The van der Waals surface area contributed by atoms with Gasteiger partial charge in [0.15, 0.2) is 16.6 Å². The standard InChI is InChI=1S/C12H30OSi2.C7H11Br2ClO/c1-11(2,3)14(7,8)13-15(9,10)12(4,5)6;8-7(9)5(1-3-10)6(7)2-4-11/h1-10H3;5-6,11H,1-4H2/t;5-,6+/m.1/s1. The van der Waals surface area contributed by atoms with Crippen molar-refractivity contribution in [2.24, 2.45) is 11.8 Å². The van der Waals surface area contributed by atoms with E-state index in [1.165, 1.54) is 0 Å². The molecule has 1 aliphatic rings. The summed E-state index contributed by atoms with van der Waals surface area (Å²) in [6.07, 6.45) is 1.88. The van der Waals surface area contributed by atoms with Crippen LogP contribution in [0.25, 0.3) is 0 Å². The summed E-state index contributed by atoms with van der Waals surface area (Å²) >= 11 is 12.8. The van der Waals surface area contributed by atoms with E-state index >= 15 is 0 Å². The molecule has 0 bridgehead atoms. The van der Waals surface area contributed by atoms with E-state index in [-0.39, 0.29) is 9.84 Å². The third-order valence-electron chi connectivity index (χ3n) is 6.35. The molecule has 1 N–H and O–H groups in total. The third-order valence-corrected chi connectivity index (χ3v) is 20.2. The van der Waals surface area contributed by atoms with Crippen molar-refractivity contribution in [2.75, 3.05) is 12.5 Å². The topological polar surface area (TPSA) is 29.5 Å². The van der Waals surface area contributed by atoms with Crippen molar-refractivity contribution in [3.63, 3.8) is 0 Å². The lowest BCUT2D eigenvalue weighted by Crippen LogP contribution is -2.53. The number of halogens is 3. The molecule has 1 fully saturated rings. The molecule has 0 spiro atoms. The van der Waals surface area contributed by atoms with Gasteiger partial charge in [0.25, 0.3) is 0 Å². The molecule has 0 aromatic heterocycles. The lowest BCUT2D eigenvalue weighted by atomic mass is 10.2. The normalized spacial score (nSPS) is 23.3. The van der Waals surface area contributed by atoms with E-state index in [0.717, 1.165) is 12.8 Å². The molecule has 1 rings (SSSR count). The molecule has 0 radical (unpaired) electrons. The van der Waals surface area contributed by atoms with E-state index < -0.39 is 16.6 Å². The summed E-state index contributed by atoms with van der Waals surface area (Å²) < 4.78 is 6.70. The highest BCUT2D eigenvalue weighted by Gasteiger charge is 2.60. The highest BCUT2D eigenvalue weighted by atomic mass is 79.9. The molecule has 0 aliphatic heterocycles. The van der Waals surface area contributed by atoms with E-state index in [9.17, 15) is 0 Å². The molecule has 1 saturated carbocycles. The Balaban J connectivity index is 0.000000502. The smallest absolute Gasteiger partial charge is 0.178 e. The van der Waals surface area contributed by atoms with E-state index in [2.05, 4.69) is 99.6 Å². The quantitative estimate of drug-likeness (QED) is 0.270. The van der Waals surface area contributed by atoms with Crippen molar-refractivity contribution in [1.29, 1.82) is 0 Å². The second-order valence-electron chi connectivity index (χ2n) is 10.5. The molecule has 2 nitrogen and oxygen atoms in total. The Kier molecular flexibility index (Phi) is 10.2. The van der Waals surface area contributed by atoms with Gasteiger partial charge in [0.1, 0.15) is 0 Å². The van der Waals surface area contributed by atoms with Crippen LogP contribution in [0.4, 0.5) is 0 Å². The van der Waals surface area contributed by atoms with Crippen LogP contribution in [0.5, 0.6) is 0 Å². The maximum atomic E-state index is 8.72. The Hall–Kier alpha value is 1.60. The van der Waals surface area contributed by atoms with Crippen LogP contribution in [0.1, 0.15) is 54.4 Å². The minimum Gasteiger partial charge on any atom is -0.455 e. The van der Waals surface area contributed by atoms with Crippen LogP contribution in [0.3, 0.4) is 0 Å². The fourth-order valence-corrected chi connectivity index (χ4v) is 12.2. The van der Waals surface area contributed by atoms with Crippen molar-refractivity contribution < 1.29 is 9.22 Å². The highest BCUT2D eigenvalue weighted by molar-refractivity contribution is 9.25. The van der Waals surface area contributed by atoms with Crippen LogP contribution in [0.2, 0.25) is 36.3 Å². The second-order valence-corrected chi connectivity index (χ2v) is 24.4. The fourth-order valence-electron chi connectivity index (χ4n) is 2.45. The molecule has 0 saturated heterocycles. The van der Waals surface area contributed by atoms with Gasteiger partial charge in [0, 0.05) is 12.5 Å². The summed E-state index contributed by atoms with van der Waals surface area (Å²) in [6.45, 7) is 23.6. The first kappa shape index (κ1) is 27.6. The zero-order valence-corrected chi connectivity index (χ0v) is 24.4. The van der Waals surface area contributed by atoms with Gasteiger partial charge in [0.2, 0.25) is 0 Å². The summed E-state index contributed by atoms with van der Waals surface area (Å²) in [5.74, 6) is 1.84. The van der Waals surface area contributed by atoms with Gasteiger partial charge in [-0.1, -0.05) is 73.4 Å². The summed E-state index contributed by atoms with van der Waals surface area (Å²) in [4.78, 5) is 0. The molecule has 1 aliphatic carbocycles. The van der Waals surface area contributed by atoms with Gasteiger partial charge in [-0.15, -0.1) is 11.6 Å². The molecule has 0 heterocycles. The lowest BCUT2D eigenvalue weighted by molar-refractivity contribution is 0.276. The van der Waals surface area contributed by atoms with Gasteiger partial charge < -0.3 is 9.22 Å². The van der Waals surface area contributed by atoms with Crippen molar-refractivity contribution in [1.82, 2.24) is 0 Å². The Morgan fingerprint density at radius 2 is 1.23 bits per heavy atom. The molecular weight excluding hydrogens is 512 g/mol. The minimum absolute atomic E-state index is 0.0671. The Labute approximate surface area is 186 Å². The lowest BCUT2D eigenvalue weighted by Gasteiger charge is -2.47. The van der Waals surface area contributed by atoms with Gasteiger partial charge in [-0.2, -0.15) is 0 Å². The molecular formula is C19H41Br2ClO2Si2. The molecule has 2 atom stereocenters. The van der Waals surface area contributed by atoms with Crippen molar-refractivity contribution in [3.05, 3.63) is 0 Å². The Bertz CT molecular complexity index is 406. The predicted molar refractivity (Wildman–Crippen MR) is 130 cm³/mol. The molecule has 0 aromatic carbocycles. The molecule has 0 unspecified atom stereocenters. The summed E-state index contributed by atoms with van der Waals surface area (Å²) in [5.41, 5.74) is 0. The van der Waals surface area contributed by atoms with Crippen LogP contribution in [0, 0.1) is 11.8 Å². The molecule has 0 aromatic rings. The zero-order valence-electron chi connectivity index (χ0n) is 18.5.